The Morgan fingerprint density at radius 2 is 1.11 bits per heavy atom. The van der Waals surface area contributed by atoms with Gasteiger partial charge in [-0.05, 0) is 51.9 Å². The molecule has 2 rings (SSSR count). The maximum atomic E-state index is 3.45. The second-order valence-corrected chi connectivity index (χ2v) is 6.03. The van der Waals surface area contributed by atoms with Crippen LogP contribution >= 0.6 is 0 Å². The third-order valence-corrected chi connectivity index (χ3v) is 4.28. The van der Waals surface area contributed by atoms with Crippen molar-refractivity contribution in [3.8, 4) is 0 Å². The molecular formula is C15H32N4. The minimum atomic E-state index is 1.11. The van der Waals surface area contributed by atoms with Gasteiger partial charge in [0.15, 0.2) is 0 Å². The highest BCUT2D eigenvalue weighted by Crippen LogP contribution is 2.07. The van der Waals surface area contributed by atoms with Gasteiger partial charge in [-0.3, -0.25) is 9.80 Å². The van der Waals surface area contributed by atoms with Crippen molar-refractivity contribution in [2.75, 3.05) is 52.6 Å². The molecule has 0 amide bonds. The number of hydrogen-bond acceptors (Lipinski definition) is 4. The largest absolute Gasteiger partial charge is 0.304 e. The van der Waals surface area contributed by atoms with Gasteiger partial charge in [-0.1, -0.05) is 19.3 Å². The zero-order valence-electron chi connectivity index (χ0n) is 12.5. The van der Waals surface area contributed by atoms with Crippen molar-refractivity contribution in [3.63, 3.8) is 0 Å². The fourth-order valence-electron chi connectivity index (χ4n) is 3.07. The van der Waals surface area contributed by atoms with Gasteiger partial charge in [-0.15, -0.1) is 0 Å². The molecule has 0 aromatic heterocycles. The van der Waals surface area contributed by atoms with Gasteiger partial charge in [-0.2, -0.15) is 0 Å². The van der Waals surface area contributed by atoms with E-state index in [0.29, 0.717) is 0 Å². The summed E-state index contributed by atoms with van der Waals surface area (Å²) in [6.07, 6.45) is 9.65. The highest BCUT2D eigenvalue weighted by Gasteiger charge is 2.09. The van der Waals surface area contributed by atoms with E-state index in [1.807, 2.05) is 0 Å². The predicted octanol–water partition coefficient (Wildman–Crippen LogP) is 1.44. The maximum Gasteiger partial charge on any atom is 0.0480 e. The summed E-state index contributed by atoms with van der Waals surface area (Å²) < 4.78 is 0. The topological polar surface area (TPSA) is 30.5 Å². The lowest BCUT2D eigenvalue weighted by Crippen LogP contribution is -2.42. The van der Waals surface area contributed by atoms with Gasteiger partial charge < -0.3 is 10.6 Å². The third-order valence-electron chi connectivity index (χ3n) is 4.28. The van der Waals surface area contributed by atoms with Gasteiger partial charge in [0.25, 0.3) is 0 Å². The molecule has 0 bridgehead atoms. The summed E-state index contributed by atoms with van der Waals surface area (Å²) in [5.74, 6) is 0. The monoisotopic (exact) mass is 268 g/mol. The van der Waals surface area contributed by atoms with Gasteiger partial charge >= 0.3 is 0 Å². The molecule has 2 heterocycles. The number of nitrogens with one attached hydrogen (secondary N) is 2. The van der Waals surface area contributed by atoms with Crippen LogP contribution in [0.5, 0.6) is 0 Å². The molecule has 0 radical (unpaired) electrons. The summed E-state index contributed by atoms with van der Waals surface area (Å²) in [7, 11) is 0. The molecule has 4 heteroatoms. The van der Waals surface area contributed by atoms with E-state index in [1.165, 1.54) is 84.2 Å². The molecule has 2 aliphatic rings. The Morgan fingerprint density at radius 1 is 0.632 bits per heavy atom. The Bertz CT molecular complexity index is 188. The Balaban J connectivity index is 1.35. The van der Waals surface area contributed by atoms with Crippen LogP contribution < -0.4 is 10.6 Å². The van der Waals surface area contributed by atoms with Gasteiger partial charge in [0.1, 0.15) is 0 Å². The lowest BCUT2D eigenvalue weighted by Gasteiger charge is -2.27. The van der Waals surface area contributed by atoms with E-state index in [9.17, 15) is 0 Å². The summed E-state index contributed by atoms with van der Waals surface area (Å²) in [6, 6.07) is 0. The molecule has 0 saturated carbocycles. The average Bonchev–Trinajstić information content (AvgIpc) is 2.48. The third kappa shape index (κ3) is 6.70. The summed E-state index contributed by atoms with van der Waals surface area (Å²) >= 11 is 0. The van der Waals surface area contributed by atoms with E-state index in [-0.39, 0.29) is 0 Å². The second kappa shape index (κ2) is 9.70. The lowest BCUT2D eigenvalue weighted by atomic mass is 10.1. The van der Waals surface area contributed by atoms with Crippen LogP contribution in [0.25, 0.3) is 0 Å². The first-order valence-corrected chi connectivity index (χ1v) is 8.31. The van der Waals surface area contributed by atoms with Crippen LogP contribution in [0, 0.1) is 0 Å². The lowest BCUT2D eigenvalue weighted by molar-refractivity contribution is 0.207. The van der Waals surface area contributed by atoms with Crippen molar-refractivity contribution in [1.29, 1.82) is 0 Å². The van der Waals surface area contributed by atoms with Crippen molar-refractivity contribution >= 4 is 0 Å². The Labute approximate surface area is 118 Å². The van der Waals surface area contributed by atoms with E-state index < -0.39 is 0 Å². The molecule has 2 N–H and O–H groups in total. The molecule has 0 spiro atoms. The maximum absolute atomic E-state index is 3.45. The molecule has 0 aromatic carbocycles. The second-order valence-electron chi connectivity index (χ2n) is 6.03. The molecule has 19 heavy (non-hydrogen) atoms. The molecular weight excluding hydrogens is 236 g/mol. The molecule has 2 fully saturated rings. The van der Waals surface area contributed by atoms with Crippen LogP contribution in [0.4, 0.5) is 0 Å². The van der Waals surface area contributed by atoms with Gasteiger partial charge in [-0.25, -0.2) is 0 Å². The summed E-state index contributed by atoms with van der Waals surface area (Å²) in [5, 5.41) is 6.89. The highest BCUT2D eigenvalue weighted by atomic mass is 15.2. The number of rotatable bonds is 8. The zero-order chi connectivity index (χ0) is 13.2. The SMILES string of the molecule is C(CCCN1CCCNC1)CCCN1CCCNC1. The number of hydrogen-bond donors (Lipinski definition) is 2. The first kappa shape index (κ1) is 15.2. The van der Waals surface area contributed by atoms with Crippen molar-refractivity contribution in [2.45, 2.75) is 44.9 Å². The van der Waals surface area contributed by atoms with Crippen LogP contribution in [-0.2, 0) is 0 Å². The molecule has 2 saturated heterocycles. The predicted molar refractivity (Wildman–Crippen MR) is 81.2 cm³/mol. The van der Waals surface area contributed by atoms with Crippen LogP contribution in [-0.4, -0.2) is 62.4 Å². The first-order chi connectivity index (χ1) is 9.45. The van der Waals surface area contributed by atoms with Gasteiger partial charge in [0.05, 0.1) is 0 Å². The average molecular weight is 268 g/mol. The Morgan fingerprint density at radius 3 is 1.53 bits per heavy atom. The Hall–Kier alpha value is -0.160. The van der Waals surface area contributed by atoms with Gasteiger partial charge in [0, 0.05) is 26.4 Å². The quantitative estimate of drug-likeness (QED) is 0.652. The smallest absolute Gasteiger partial charge is 0.0480 e. The summed E-state index contributed by atoms with van der Waals surface area (Å²) in [4.78, 5) is 5.12. The molecule has 0 unspecified atom stereocenters. The molecule has 0 aliphatic carbocycles. The van der Waals surface area contributed by atoms with Crippen molar-refractivity contribution in [2.24, 2.45) is 0 Å². The van der Waals surface area contributed by atoms with E-state index in [2.05, 4.69) is 20.4 Å². The van der Waals surface area contributed by atoms with Crippen molar-refractivity contribution < 1.29 is 0 Å². The number of nitrogens with zero attached hydrogens (tertiary/aromatic N) is 2. The van der Waals surface area contributed by atoms with Crippen LogP contribution in [0.3, 0.4) is 0 Å². The molecule has 112 valence electrons. The van der Waals surface area contributed by atoms with Crippen LogP contribution in [0.1, 0.15) is 44.9 Å². The molecule has 0 aromatic rings. The fourth-order valence-corrected chi connectivity index (χ4v) is 3.07. The molecule has 2 aliphatic heterocycles. The first-order valence-electron chi connectivity index (χ1n) is 8.31. The standard InChI is InChI=1S/C15H32N4/c1(2-4-10-18-12-6-8-16-14-18)3-5-11-19-13-7-9-17-15-19/h16-17H,1-15H2. The van der Waals surface area contributed by atoms with Crippen LogP contribution in [0.15, 0.2) is 0 Å². The van der Waals surface area contributed by atoms with E-state index in [1.54, 1.807) is 0 Å². The van der Waals surface area contributed by atoms with E-state index in [4.69, 9.17) is 0 Å². The van der Waals surface area contributed by atoms with E-state index >= 15 is 0 Å². The number of unbranched alkanes of at least 4 members (excludes halogenated alkanes) is 4. The van der Waals surface area contributed by atoms with Gasteiger partial charge in [0.2, 0.25) is 0 Å². The zero-order valence-corrected chi connectivity index (χ0v) is 12.5. The van der Waals surface area contributed by atoms with E-state index in [0.717, 1.165) is 13.3 Å². The minimum Gasteiger partial charge on any atom is -0.304 e. The van der Waals surface area contributed by atoms with Crippen LogP contribution in [0.2, 0.25) is 0 Å². The minimum absolute atomic E-state index is 1.11. The Kier molecular flexibility index (Phi) is 7.78. The highest BCUT2D eigenvalue weighted by molar-refractivity contribution is 4.65. The van der Waals surface area contributed by atoms with Crippen molar-refractivity contribution in [3.05, 3.63) is 0 Å². The molecule has 0 atom stereocenters. The fraction of sp³-hybridized carbons (Fsp3) is 1.00. The summed E-state index contributed by atoms with van der Waals surface area (Å²) in [6.45, 7) is 9.84. The normalized spacial score (nSPS) is 22.7. The molecule has 4 nitrogen and oxygen atoms in total. The van der Waals surface area contributed by atoms with Crippen molar-refractivity contribution in [1.82, 2.24) is 20.4 Å². The summed E-state index contributed by atoms with van der Waals surface area (Å²) in [5.41, 5.74) is 0.